The van der Waals surface area contributed by atoms with Crippen LogP contribution in [0.2, 0.25) is 0 Å². The average Bonchev–Trinajstić information content (AvgIpc) is 3.56. The van der Waals surface area contributed by atoms with E-state index in [9.17, 15) is 15.0 Å². The van der Waals surface area contributed by atoms with Crippen LogP contribution in [0.25, 0.3) is 22.5 Å². The Labute approximate surface area is 244 Å². The SMILES string of the molecule is Cc1nc2ccc(C=Cc3cccc(C(CCc4ccccc4C(C)(C)O)SCC4(CC(=O)O)CC4)c3)nc2s1. The van der Waals surface area contributed by atoms with Gasteiger partial charge < -0.3 is 10.2 Å². The van der Waals surface area contributed by atoms with Crippen LogP contribution in [0.4, 0.5) is 0 Å². The number of nitrogens with zero attached hydrogens (tertiary/aromatic N) is 2. The first kappa shape index (κ1) is 28.5. The van der Waals surface area contributed by atoms with E-state index in [2.05, 4.69) is 41.4 Å². The molecule has 1 aliphatic carbocycles. The van der Waals surface area contributed by atoms with E-state index < -0.39 is 11.6 Å². The van der Waals surface area contributed by atoms with E-state index in [0.29, 0.717) is 0 Å². The number of aryl methyl sites for hydroxylation is 2. The molecule has 5 rings (SSSR count). The number of thioether (sulfide) groups is 1. The molecule has 2 aromatic heterocycles. The third-order valence-corrected chi connectivity index (χ3v) is 10.1. The number of thiazole rings is 1. The van der Waals surface area contributed by atoms with Crippen LogP contribution in [0, 0.1) is 12.3 Å². The summed E-state index contributed by atoms with van der Waals surface area (Å²) in [7, 11) is 0. The van der Waals surface area contributed by atoms with Crippen molar-refractivity contribution in [3.05, 3.63) is 93.6 Å². The third kappa shape index (κ3) is 7.19. The molecule has 1 aliphatic rings. The normalized spacial score (nSPS) is 15.5. The minimum atomic E-state index is -0.904. The topological polar surface area (TPSA) is 83.3 Å². The number of hydrogen-bond donors (Lipinski definition) is 2. The zero-order chi connectivity index (χ0) is 28.3. The molecule has 40 heavy (non-hydrogen) atoms. The maximum Gasteiger partial charge on any atom is 0.303 e. The zero-order valence-electron chi connectivity index (χ0n) is 23.3. The maximum absolute atomic E-state index is 11.5. The molecule has 0 bridgehead atoms. The number of rotatable bonds is 12. The molecule has 4 aromatic rings. The Hall–Kier alpha value is -3.00. The zero-order valence-corrected chi connectivity index (χ0v) is 24.9. The summed E-state index contributed by atoms with van der Waals surface area (Å²) in [5.74, 6) is 0.135. The van der Waals surface area contributed by atoms with Gasteiger partial charge >= 0.3 is 5.97 Å². The first-order chi connectivity index (χ1) is 19.1. The summed E-state index contributed by atoms with van der Waals surface area (Å²) >= 11 is 3.48. The number of hydrogen-bond acceptors (Lipinski definition) is 6. The number of carboxylic acids is 1. The third-order valence-electron chi connectivity index (χ3n) is 7.54. The van der Waals surface area contributed by atoms with Crippen molar-refractivity contribution in [3.63, 3.8) is 0 Å². The fourth-order valence-corrected chi connectivity index (χ4v) is 7.55. The average molecular weight is 573 g/mol. The summed E-state index contributed by atoms with van der Waals surface area (Å²) in [4.78, 5) is 21.7. The quantitative estimate of drug-likeness (QED) is 0.179. The number of aliphatic carboxylic acids is 1. The van der Waals surface area contributed by atoms with Crippen LogP contribution in [0.3, 0.4) is 0 Å². The van der Waals surface area contributed by atoms with Crippen LogP contribution in [0.1, 0.15) is 77.7 Å². The van der Waals surface area contributed by atoms with Gasteiger partial charge in [-0.25, -0.2) is 9.97 Å². The Morgan fingerprint density at radius 2 is 1.90 bits per heavy atom. The molecule has 0 amide bonds. The molecule has 5 nitrogen and oxygen atoms in total. The van der Waals surface area contributed by atoms with Crippen molar-refractivity contribution in [2.45, 2.75) is 63.7 Å². The smallest absolute Gasteiger partial charge is 0.303 e. The molecule has 0 radical (unpaired) electrons. The number of aliphatic hydroxyl groups is 1. The van der Waals surface area contributed by atoms with Crippen molar-refractivity contribution in [3.8, 4) is 0 Å². The lowest BCUT2D eigenvalue weighted by atomic mass is 9.90. The number of carbonyl (C=O) groups is 1. The second kappa shape index (κ2) is 11.9. The highest BCUT2D eigenvalue weighted by Crippen LogP contribution is 2.53. The van der Waals surface area contributed by atoms with Crippen molar-refractivity contribution in [1.82, 2.24) is 9.97 Å². The molecule has 2 N–H and O–H groups in total. The molecular weight excluding hydrogens is 537 g/mol. The van der Waals surface area contributed by atoms with E-state index in [1.165, 1.54) is 5.56 Å². The number of pyridine rings is 1. The van der Waals surface area contributed by atoms with Gasteiger partial charge in [0, 0.05) is 11.0 Å². The molecule has 208 valence electrons. The second-order valence-electron chi connectivity index (χ2n) is 11.4. The van der Waals surface area contributed by atoms with E-state index in [0.717, 1.165) is 69.2 Å². The lowest BCUT2D eigenvalue weighted by Crippen LogP contribution is -2.18. The van der Waals surface area contributed by atoms with Crippen molar-refractivity contribution in [1.29, 1.82) is 0 Å². The van der Waals surface area contributed by atoms with Gasteiger partial charge in [0.25, 0.3) is 0 Å². The molecule has 1 unspecified atom stereocenters. The van der Waals surface area contributed by atoms with E-state index in [-0.39, 0.29) is 17.1 Å². The molecule has 1 saturated carbocycles. The van der Waals surface area contributed by atoms with Gasteiger partial charge in [-0.3, -0.25) is 4.79 Å². The van der Waals surface area contributed by atoms with E-state index in [1.807, 2.05) is 68.9 Å². The largest absolute Gasteiger partial charge is 0.481 e. The monoisotopic (exact) mass is 572 g/mol. The predicted octanol–water partition coefficient (Wildman–Crippen LogP) is 8.06. The number of benzene rings is 2. The molecule has 1 atom stereocenters. The van der Waals surface area contributed by atoms with Gasteiger partial charge in [-0.15, -0.1) is 0 Å². The van der Waals surface area contributed by atoms with Gasteiger partial charge in [0.1, 0.15) is 10.3 Å². The van der Waals surface area contributed by atoms with Crippen LogP contribution in [0.5, 0.6) is 0 Å². The summed E-state index contributed by atoms with van der Waals surface area (Å²) in [5.41, 5.74) is 5.32. The lowest BCUT2D eigenvalue weighted by Gasteiger charge is -2.24. The summed E-state index contributed by atoms with van der Waals surface area (Å²) < 4.78 is 0. The number of aromatic nitrogens is 2. The van der Waals surface area contributed by atoms with Gasteiger partial charge in [0.2, 0.25) is 0 Å². The highest BCUT2D eigenvalue weighted by atomic mass is 32.2. The highest BCUT2D eigenvalue weighted by molar-refractivity contribution is 7.99. The Kier molecular flexibility index (Phi) is 8.45. The maximum atomic E-state index is 11.5. The van der Waals surface area contributed by atoms with Gasteiger partial charge in [-0.1, -0.05) is 65.9 Å². The molecule has 0 spiro atoms. The molecule has 2 heterocycles. The highest BCUT2D eigenvalue weighted by Gasteiger charge is 2.44. The first-order valence-corrected chi connectivity index (χ1v) is 15.6. The van der Waals surface area contributed by atoms with Crippen molar-refractivity contribution < 1.29 is 15.0 Å². The van der Waals surface area contributed by atoms with E-state index in [4.69, 9.17) is 4.98 Å². The fourth-order valence-electron chi connectivity index (χ4n) is 5.19. The Balaban J connectivity index is 1.37. The lowest BCUT2D eigenvalue weighted by molar-refractivity contribution is -0.138. The molecule has 2 aromatic carbocycles. The van der Waals surface area contributed by atoms with Crippen LogP contribution in [-0.2, 0) is 16.8 Å². The Morgan fingerprint density at radius 3 is 2.65 bits per heavy atom. The number of carboxylic acid groups (broad SMARTS) is 1. The summed E-state index contributed by atoms with van der Waals surface area (Å²) in [6.07, 6.45) is 8.09. The number of fused-ring (bicyclic) bond motifs is 1. The fraction of sp³-hybridized carbons (Fsp3) is 0.364. The van der Waals surface area contributed by atoms with Crippen molar-refractivity contribution >= 4 is 51.6 Å². The predicted molar refractivity (Wildman–Crippen MR) is 167 cm³/mol. The molecule has 1 fully saturated rings. The van der Waals surface area contributed by atoms with Gasteiger partial charge in [-0.2, -0.15) is 11.8 Å². The van der Waals surface area contributed by atoms with Crippen molar-refractivity contribution in [2.75, 3.05) is 5.75 Å². The molecule has 7 heteroatoms. The van der Waals surface area contributed by atoms with Crippen LogP contribution >= 0.6 is 23.1 Å². The van der Waals surface area contributed by atoms with Crippen LogP contribution in [-0.4, -0.2) is 31.9 Å². The van der Waals surface area contributed by atoms with Crippen molar-refractivity contribution in [2.24, 2.45) is 5.41 Å². The first-order valence-electron chi connectivity index (χ1n) is 13.8. The van der Waals surface area contributed by atoms with Gasteiger partial charge in [0.15, 0.2) is 0 Å². The van der Waals surface area contributed by atoms with E-state index >= 15 is 0 Å². The second-order valence-corrected chi connectivity index (χ2v) is 13.8. The molecule has 0 saturated heterocycles. The molecule has 0 aliphatic heterocycles. The summed E-state index contributed by atoms with van der Waals surface area (Å²) in [5, 5.41) is 21.4. The van der Waals surface area contributed by atoms with Gasteiger partial charge in [0.05, 0.1) is 22.7 Å². The van der Waals surface area contributed by atoms with Gasteiger partial charge in [-0.05, 0) is 92.3 Å². The molecular formula is C33H36N2O3S2. The summed E-state index contributed by atoms with van der Waals surface area (Å²) in [6.45, 7) is 5.66. The van der Waals surface area contributed by atoms with Crippen LogP contribution < -0.4 is 0 Å². The minimum Gasteiger partial charge on any atom is -0.481 e. The standard InChI is InChI=1S/C33H36N2O3S2/c1-22-34-28-15-14-26(35-31(28)40-22)13-11-23-7-6-9-25(19-23)29(39-21-33(17-18-33)20-30(36)37)16-12-24-8-4-5-10-27(24)32(2,3)38/h4-11,13-15,19,29,38H,12,16-18,20-21H2,1-3H3,(H,36,37). The minimum absolute atomic E-state index is 0.0728. The Bertz CT molecular complexity index is 1530. The Morgan fingerprint density at radius 1 is 1.10 bits per heavy atom. The summed E-state index contributed by atoms with van der Waals surface area (Å²) in [6, 6.07) is 20.8. The van der Waals surface area contributed by atoms with E-state index in [1.54, 1.807) is 11.3 Å². The van der Waals surface area contributed by atoms with Crippen LogP contribution in [0.15, 0.2) is 60.7 Å².